The Morgan fingerprint density at radius 1 is 1.27 bits per heavy atom. The summed E-state index contributed by atoms with van der Waals surface area (Å²) in [5.74, 6) is -0.544. The van der Waals surface area contributed by atoms with Crippen molar-refractivity contribution in [2.75, 3.05) is 0 Å². The number of nitrogens with one attached hydrogen (secondary N) is 1. The van der Waals surface area contributed by atoms with Crippen LogP contribution in [-0.2, 0) is 0 Å². The van der Waals surface area contributed by atoms with Crippen molar-refractivity contribution in [3.63, 3.8) is 0 Å². The number of fused-ring (bicyclic) bond motifs is 2. The first kappa shape index (κ1) is 16.3. The standard InChI is InChI=1S/C19H16N4O2S/c1-11-10-26-19-21-12(2)16(23(11)19)9-20-22-18(25)15-7-13-5-3-4-6-14(13)8-17(15)24/h3-10,24H,1-2H3,(H,22,25)/b20-9+. The molecule has 4 rings (SSSR count). The predicted molar refractivity (Wildman–Crippen MR) is 103 cm³/mol. The molecule has 6 nitrogen and oxygen atoms in total. The Bertz CT molecular complexity index is 1170. The molecule has 7 heteroatoms. The highest BCUT2D eigenvalue weighted by Gasteiger charge is 2.13. The van der Waals surface area contributed by atoms with Crippen LogP contribution in [0.3, 0.4) is 0 Å². The summed E-state index contributed by atoms with van der Waals surface area (Å²) < 4.78 is 1.99. The Balaban J connectivity index is 1.60. The van der Waals surface area contributed by atoms with Gasteiger partial charge in [-0.2, -0.15) is 5.10 Å². The van der Waals surface area contributed by atoms with Gasteiger partial charge in [0, 0.05) is 11.1 Å². The van der Waals surface area contributed by atoms with Crippen molar-refractivity contribution in [2.45, 2.75) is 13.8 Å². The third-order valence-corrected chi connectivity index (χ3v) is 5.16. The van der Waals surface area contributed by atoms with Gasteiger partial charge in [0.2, 0.25) is 0 Å². The van der Waals surface area contributed by atoms with Crippen LogP contribution < -0.4 is 5.43 Å². The second-order valence-electron chi connectivity index (χ2n) is 5.99. The van der Waals surface area contributed by atoms with Crippen molar-refractivity contribution >= 4 is 39.2 Å². The second-order valence-corrected chi connectivity index (χ2v) is 6.83. The number of hydrogen-bond donors (Lipinski definition) is 2. The largest absolute Gasteiger partial charge is 0.507 e. The number of carbonyl (C=O) groups is 1. The van der Waals surface area contributed by atoms with Crippen LogP contribution >= 0.6 is 11.3 Å². The van der Waals surface area contributed by atoms with Gasteiger partial charge in [-0.25, -0.2) is 10.4 Å². The number of amides is 1. The number of thiazole rings is 1. The van der Waals surface area contributed by atoms with Crippen molar-refractivity contribution in [3.05, 3.63) is 64.4 Å². The number of imidazole rings is 1. The fourth-order valence-corrected chi connectivity index (χ4v) is 3.82. The SMILES string of the molecule is Cc1nc2scc(C)n2c1/C=N/NC(=O)c1cc2ccccc2cc1O. The van der Waals surface area contributed by atoms with Crippen LogP contribution in [0, 0.1) is 13.8 Å². The van der Waals surface area contributed by atoms with Crippen LogP contribution in [0.5, 0.6) is 5.75 Å². The molecule has 130 valence electrons. The molecule has 0 aliphatic rings. The number of nitrogens with zero attached hydrogens (tertiary/aromatic N) is 3. The Labute approximate surface area is 153 Å². The van der Waals surface area contributed by atoms with E-state index in [9.17, 15) is 9.90 Å². The van der Waals surface area contributed by atoms with E-state index in [1.54, 1.807) is 29.7 Å². The summed E-state index contributed by atoms with van der Waals surface area (Å²) in [5, 5.41) is 17.9. The highest BCUT2D eigenvalue weighted by Crippen LogP contribution is 2.25. The normalized spacial score (nSPS) is 11.6. The van der Waals surface area contributed by atoms with Gasteiger partial charge in [-0.1, -0.05) is 24.3 Å². The Morgan fingerprint density at radius 3 is 2.77 bits per heavy atom. The minimum atomic E-state index is -0.468. The van der Waals surface area contributed by atoms with Crippen molar-refractivity contribution < 1.29 is 9.90 Å². The lowest BCUT2D eigenvalue weighted by atomic mass is 10.1. The van der Waals surface area contributed by atoms with Crippen LogP contribution in [-0.4, -0.2) is 26.6 Å². The van der Waals surface area contributed by atoms with Gasteiger partial charge in [-0.15, -0.1) is 11.3 Å². The van der Waals surface area contributed by atoms with Crippen molar-refractivity contribution in [1.29, 1.82) is 0 Å². The molecule has 0 saturated carbocycles. The van der Waals surface area contributed by atoms with E-state index in [1.165, 1.54) is 0 Å². The minimum absolute atomic E-state index is 0.0759. The smallest absolute Gasteiger partial charge is 0.275 e. The molecule has 2 aromatic carbocycles. The maximum atomic E-state index is 12.4. The lowest BCUT2D eigenvalue weighted by Gasteiger charge is -2.05. The lowest BCUT2D eigenvalue weighted by molar-refractivity contribution is 0.0952. The lowest BCUT2D eigenvalue weighted by Crippen LogP contribution is -2.18. The van der Waals surface area contributed by atoms with E-state index in [0.29, 0.717) is 0 Å². The molecule has 2 heterocycles. The van der Waals surface area contributed by atoms with E-state index in [2.05, 4.69) is 15.5 Å². The molecule has 0 radical (unpaired) electrons. The van der Waals surface area contributed by atoms with E-state index >= 15 is 0 Å². The molecular formula is C19H16N4O2S. The highest BCUT2D eigenvalue weighted by molar-refractivity contribution is 7.15. The third-order valence-electron chi connectivity index (χ3n) is 4.22. The number of phenolic OH excluding ortho intramolecular Hbond substituents is 1. The highest BCUT2D eigenvalue weighted by atomic mass is 32.1. The molecule has 0 saturated heterocycles. The fourth-order valence-electron chi connectivity index (χ4n) is 2.90. The zero-order chi connectivity index (χ0) is 18.3. The van der Waals surface area contributed by atoms with E-state index in [4.69, 9.17) is 0 Å². The van der Waals surface area contributed by atoms with E-state index < -0.39 is 5.91 Å². The first-order valence-electron chi connectivity index (χ1n) is 8.03. The van der Waals surface area contributed by atoms with Crippen molar-refractivity contribution in [3.8, 4) is 5.75 Å². The molecule has 0 unspecified atom stereocenters. The van der Waals surface area contributed by atoms with Crippen molar-refractivity contribution in [1.82, 2.24) is 14.8 Å². The molecule has 0 bridgehead atoms. The molecule has 0 aliphatic heterocycles. The van der Waals surface area contributed by atoms with Gasteiger partial charge in [0.25, 0.3) is 5.91 Å². The fraction of sp³-hybridized carbons (Fsp3) is 0.105. The van der Waals surface area contributed by atoms with Gasteiger partial charge in [0.05, 0.1) is 23.2 Å². The van der Waals surface area contributed by atoms with Gasteiger partial charge >= 0.3 is 0 Å². The molecule has 2 aromatic heterocycles. The number of benzene rings is 2. The topological polar surface area (TPSA) is 79.0 Å². The summed E-state index contributed by atoms with van der Waals surface area (Å²) in [5.41, 5.74) is 5.38. The number of rotatable bonds is 3. The number of aromatic hydroxyl groups is 1. The summed E-state index contributed by atoms with van der Waals surface area (Å²) in [6.07, 6.45) is 1.57. The third kappa shape index (κ3) is 2.72. The Kier molecular flexibility index (Phi) is 3.93. The first-order chi connectivity index (χ1) is 12.5. The number of phenols is 1. The first-order valence-corrected chi connectivity index (χ1v) is 8.91. The predicted octanol–water partition coefficient (Wildman–Crippen LogP) is 3.64. The quantitative estimate of drug-likeness (QED) is 0.430. The minimum Gasteiger partial charge on any atom is -0.507 e. The van der Waals surface area contributed by atoms with Gasteiger partial charge in [0.1, 0.15) is 5.75 Å². The summed E-state index contributed by atoms with van der Waals surface area (Å²) in [4.78, 5) is 17.8. The maximum Gasteiger partial charge on any atom is 0.275 e. The summed E-state index contributed by atoms with van der Waals surface area (Å²) in [7, 11) is 0. The van der Waals surface area contributed by atoms with Crippen LogP contribution in [0.2, 0.25) is 0 Å². The van der Waals surface area contributed by atoms with Crippen molar-refractivity contribution in [2.24, 2.45) is 5.10 Å². The van der Waals surface area contributed by atoms with Gasteiger partial charge in [-0.05, 0) is 36.8 Å². The van der Waals surface area contributed by atoms with E-state index in [1.807, 2.05) is 47.9 Å². The van der Waals surface area contributed by atoms with Crippen LogP contribution in [0.15, 0.2) is 46.9 Å². The molecule has 0 fully saturated rings. The Morgan fingerprint density at radius 2 is 2.00 bits per heavy atom. The maximum absolute atomic E-state index is 12.4. The van der Waals surface area contributed by atoms with Crippen LogP contribution in [0.1, 0.15) is 27.4 Å². The summed E-state index contributed by atoms with van der Waals surface area (Å²) >= 11 is 1.56. The van der Waals surface area contributed by atoms with E-state index in [-0.39, 0.29) is 11.3 Å². The zero-order valence-corrected chi connectivity index (χ0v) is 15.0. The number of hydrazone groups is 1. The molecule has 0 aliphatic carbocycles. The molecular weight excluding hydrogens is 348 g/mol. The molecule has 4 aromatic rings. The number of aromatic nitrogens is 2. The molecule has 0 spiro atoms. The average molecular weight is 364 g/mol. The molecule has 2 N–H and O–H groups in total. The van der Waals surface area contributed by atoms with Gasteiger partial charge in [-0.3, -0.25) is 9.20 Å². The number of carbonyl (C=O) groups excluding carboxylic acids is 1. The van der Waals surface area contributed by atoms with E-state index in [0.717, 1.165) is 32.8 Å². The van der Waals surface area contributed by atoms with Crippen LogP contribution in [0.4, 0.5) is 0 Å². The average Bonchev–Trinajstić information content (AvgIpc) is 3.13. The number of hydrogen-bond acceptors (Lipinski definition) is 5. The molecule has 26 heavy (non-hydrogen) atoms. The van der Waals surface area contributed by atoms with Gasteiger partial charge in [0.15, 0.2) is 4.96 Å². The second kappa shape index (κ2) is 6.27. The molecule has 0 atom stereocenters. The van der Waals surface area contributed by atoms with Crippen LogP contribution in [0.25, 0.3) is 15.7 Å². The van der Waals surface area contributed by atoms with Gasteiger partial charge < -0.3 is 5.11 Å². The summed E-state index contributed by atoms with van der Waals surface area (Å²) in [6.45, 7) is 3.89. The molecule has 1 amide bonds. The Hall–Kier alpha value is -3.19. The monoisotopic (exact) mass is 364 g/mol. The number of aryl methyl sites for hydroxylation is 2. The zero-order valence-electron chi connectivity index (χ0n) is 14.2. The summed E-state index contributed by atoms with van der Waals surface area (Å²) in [6, 6.07) is 10.8.